The number of anilines is 1. The molecule has 0 aliphatic carbocycles. The van der Waals surface area contributed by atoms with Gasteiger partial charge >= 0.3 is 0 Å². The first-order chi connectivity index (χ1) is 11.1. The van der Waals surface area contributed by atoms with E-state index in [9.17, 15) is 17.6 Å². The van der Waals surface area contributed by atoms with Gasteiger partial charge in [-0.2, -0.15) is 0 Å². The van der Waals surface area contributed by atoms with Gasteiger partial charge in [-0.05, 0) is 25.1 Å². The van der Waals surface area contributed by atoms with Crippen LogP contribution in [0.25, 0.3) is 0 Å². The molecule has 0 aromatic heterocycles. The molecular formula is C14H19FN4O4S. The molecule has 1 atom stereocenters. The lowest BCUT2D eigenvalue weighted by atomic mass is 9.93. The van der Waals surface area contributed by atoms with Gasteiger partial charge in [-0.15, -0.1) is 0 Å². The molecule has 0 saturated carbocycles. The second-order valence-corrected chi connectivity index (χ2v) is 7.71. The lowest BCUT2D eigenvalue weighted by molar-refractivity contribution is -0.119. The molecule has 0 spiro atoms. The van der Waals surface area contributed by atoms with Gasteiger partial charge in [-0.1, -0.05) is 0 Å². The summed E-state index contributed by atoms with van der Waals surface area (Å²) in [7, 11) is -1.13. The molecule has 1 heterocycles. The largest absolute Gasteiger partial charge is 0.375 e. The summed E-state index contributed by atoms with van der Waals surface area (Å²) >= 11 is 0. The number of nitrogens with zero attached hydrogens (tertiary/aromatic N) is 1. The van der Waals surface area contributed by atoms with Crippen molar-refractivity contribution in [1.29, 1.82) is 5.41 Å². The van der Waals surface area contributed by atoms with Gasteiger partial charge in [0.25, 0.3) is 0 Å². The molecule has 132 valence electrons. The molecule has 1 amide bonds. The van der Waals surface area contributed by atoms with Crippen LogP contribution < -0.4 is 10.6 Å². The van der Waals surface area contributed by atoms with Gasteiger partial charge in [0.15, 0.2) is 0 Å². The van der Waals surface area contributed by atoms with Crippen LogP contribution in [0, 0.1) is 11.2 Å². The molecule has 1 aliphatic rings. The summed E-state index contributed by atoms with van der Waals surface area (Å²) in [5.41, 5.74) is -0.993. The van der Waals surface area contributed by atoms with Crippen molar-refractivity contribution in [2.75, 3.05) is 31.8 Å². The Morgan fingerprint density at radius 2 is 2.21 bits per heavy atom. The maximum absolute atomic E-state index is 14.3. The molecule has 2 rings (SSSR count). The molecule has 0 bridgehead atoms. The van der Waals surface area contributed by atoms with Crippen molar-refractivity contribution in [2.45, 2.75) is 12.5 Å². The van der Waals surface area contributed by atoms with Gasteiger partial charge < -0.3 is 15.4 Å². The predicted molar refractivity (Wildman–Crippen MR) is 86.7 cm³/mol. The molecule has 10 heteroatoms. The number of methoxy groups -OCH3 is 1. The molecule has 3 N–H and O–H groups in total. The standard InChI is InChI=1S/C14H19FN4O4S/c1-14(8-24(21,22)19(2)13(16)18-14)10-6-9(4-5-11(10)15)17-12(20)7-23-3/h4-6H,7-8H2,1-3H3,(H2,16,18)(H,17,20)/t14-/m0/s1. The maximum Gasteiger partial charge on any atom is 0.250 e. The van der Waals surface area contributed by atoms with Crippen molar-refractivity contribution in [2.24, 2.45) is 0 Å². The number of rotatable bonds is 4. The first kappa shape index (κ1) is 18.1. The van der Waals surface area contributed by atoms with Crippen LogP contribution in [-0.4, -0.2) is 51.1 Å². The van der Waals surface area contributed by atoms with Crippen molar-refractivity contribution >= 4 is 27.6 Å². The van der Waals surface area contributed by atoms with Crippen molar-refractivity contribution in [3.05, 3.63) is 29.6 Å². The summed E-state index contributed by atoms with van der Waals surface area (Å²) in [5.74, 6) is -1.83. The van der Waals surface area contributed by atoms with Crippen molar-refractivity contribution in [1.82, 2.24) is 9.62 Å². The zero-order valence-electron chi connectivity index (χ0n) is 13.5. The van der Waals surface area contributed by atoms with Crippen LogP contribution in [0.3, 0.4) is 0 Å². The van der Waals surface area contributed by atoms with Crippen LogP contribution >= 0.6 is 0 Å². The van der Waals surface area contributed by atoms with E-state index >= 15 is 0 Å². The van der Waals surface area contributed by atoms with E-state index in [0.29, 0.717) is 5.69 Å². The SMILES string of the molecule is COCC(=O)Nc1ccc(F)c([C@]2(C)CS(=O)(=O)N(C)C(=N)N2)c1. The second-order valence-electron chi connectivity index (χ2n) is 5.71. The Morgan fingerprint density at radius 3 is 2.79 bits per heavy atom. The third-order valence-corrected chi connectivity index (χ3v) is 5.68. The molecule has 8 nitrogen and oxygen atoms in total. The zero-order valence-corrected chi connectivity index (χ0v) is 14.3. The number of carbonyl (C=O) groups excluding carboxylic acids is 1. The van der Waals surface area contributed by atoms with Crippen LogP contribution in [0.4, 0.5) is 10.1 Å². The summed E-state index contributed by atoms with van der Waals surface area (Å²) in [4.78, 5) is 11.6. The second kappa shape index (κ2) is 6.36. The number of sulfonamides is 1. The van der Waals surface area contributed by atoms with Gasteiger partial charge in [-0.3, -0.25) is 10.2 Å². The molecule has 1 saturated heterocycles. The fourth-order valence-corrected chi connectivity index (χ4v) is 3.95. The third-order valence-electron chi connectivity index (χ3n) is 3.72. The van der Waals surface area contributed by atoms with Crippen LogP contribution in [0.15, 0.2) is 18.2 Å². The maximum atomic E-state index is 14.3. The van der Waals surface area contributed by atoms with E-state index in [0.717, 1.165) is 10.4 Å². The average molecular weight is 358 g/mol. The van der Waals surface area contributed by atoms with Crippen LogP contribution in [0.1, 0.15) is 12.5 Å². The number of amides is 1. The highest BCUT2D eigenvalue weighted by Crippen LogP contribution is 2.31. The molecular weight excluding hydrogens is 339 g/mol. The van der Waals surface area contributed by atoms with Crippen LogP contribution in [0.2, 0.25) is 0 Å². The highest BCUT2D eigenvalue weighted by atomic mass is 32.2. The van der Waals surface area contributed by atoms with E-state index in [2.05, 4.69) is 10.6 Å². The minimum atomic E-state index is -3.76. The summed E-state index contributed by atoms with van der Waals surface area (Å²) in [5, 5.41) is 13.0. The van der Waals surface area contributed by atoms with E-state index in [4.69, 9.17) is 10.1 Å². The minimum absolute atomic E-state index is 0.0409. The Labute approximate surface area is 139 Å². The average Bonchev–Trinajstić information content (AvgIpc) is 2.46. The lowest BCUT2D eigenvalue weighted by Crippen LogP contribution is -2.61. The van der Waals surface area contributed by atoms with Gasteiger partial charge in [0.05, 0.1) is 11.3 Å². The van der Waals surface area contributed by atoms with Gasteiger partial charge in [-0.25, -0.2) is 17.1 Å². The molecule has 1 fully saturated rings. The summed E-state index contributed by atoms with van der Waals surface area (Å²) < 4.78 is 44.2. The van der Waals surface area contributed by atoms with E-state index < -0.39 is 33.0 Å². The molecule has 1 aromatic carbocycles. The Hall–Kier alpha value is -2.20. The first-order valence-corrected chi connectivity index (χ1v) is 8.62. The first-order valence-electron chi connectivity index (χ1n) is 7.01. The molecule has 1 aliphatic heterocycles. The number of guanidine groups is 1. The zero-order chi connectivity index (χ0) is 18.1. The summed E-state index contributed by atoms with van der Waals surface area (Å²) in [6, 6.07) is 3.85. The molecule has 24 heavy (non-hydrogen) atoms. The van der Waals surface area contributed by atoms with Gasteiger partial charge in [0.2, 0.25) is 21.9 Å². The van der Waals surface area contributed by atoms with Gasteiger partial charge in [0.1, 0.15) is 12.4 Å². The monoisotopic (exact) mass is 358 g/mol. The van der Waals surface area contributed by atoms with E-state index in [1.54, 1.807) is 0 Å². The number of ether oxygens (including phenoxy) is 1. The van der Waals surface area contributed by atoms with Crippen molar-refractivity contribution in [3.63, 3.8) is 0 Å². The highest BCUT2D eigenvalue weighted by molar-refractivity contribution is 7.89. The Morgan fingerprint density at radius 1 is 1.54 bits per heavy atom. The smallest absolute Gasteiger partial charge is 0.250 e. The number of nitrogens with one attached hydrogen (secondary N) is 3. The fourth-order valence-electron chi connectivity index (χ4n) is 2.48. The number of hydrogen-bond acceptors (Lipinski definition) is 5. The Bertz CT molecular complexity index is 783. The topological polar surface area (TPSA) is 112 Å². The Balaban J connectivity index is 2.40. The predicted octanol–water partition coefficient (Wildman–Crippen LogP) is 0.425. The van der Waals surface area contributed by atoms with Gasteiger partial charge in [0, 0.05) is 25.4 Å². The van der Waals surface area contributed by atoms with Crippen LogP contribution in [0.5, 0.6) is 0 Å². The summed E-state index contributed by atoms with van der Waals surface area (Å²) in [6.45, 7) is 1.33. The number of hydrogen-bond donors (Lipinski definition) is 3. The lowest BCUT2D eigenvalue weighted by Gasteiger charge is -2.40. The Kier molecular flexibility index (Phi) is 4.81. The third kappa shape index (κ3) is 3.49. The van der Waals surface area contributed by atoms with E-state index in [-0.39, 0.29) is 18.1 Å². The number of carbonyl (C=O) groups is 1. The minimum Gasteiger partial charge on any atom is -0.375 e. The fraction of sp³-hybridized carbons (Fsp3) is 0.429. The quantitative estimate of drug-likeness (QED) is 0.722. The summed E-state index contributed by atoms with van der Waals surface area (Å²) in [6.07, 6.45) is 0. The molecule has 1 aromatic rings. The number of benzene rings is 1. The normalized spacial score (nSPS) is 22.8. The van der Waals surface area contributed by atoms with Crippen molar-refractivity contribution in [3.8, 4) is 0 Å². The molecule has 0 unspecified atom stereocenters. The highest BCUT2D eigenvalue weighted by Gasteiger charge is 2.43. The van der Waals surface area contributed by atoms with Crippen LogP contribution in [-0.2, 0) is 25.1 Å². The van der Waals surface area contributed by atoms with E-state index in [1.165, 1.54) is 33.2 Å². The number of halogens is 1. The van der Waals surface area contributed by atoms with Crippen molar-refractivity contribution < 1.29 is 22.3 Å². The van der Waals surface area contributed by atoms with E-state index in [1.807, 2.05) is 0 Å². The molecule has 0 radical (unpaired) electrons.